The van der Waals surface area contributed by atoms with Gasteiger partial charge in [0.05, 0.1) is 12.8 Å². The molecule has 0 amide bonds. The first-order valence-electron chi connectivity index (χ1n) is 7.22. The molecule has 130 valence electrons. The Morgan fingerprint density at radius 3 is 2.76 bits per heavy atom. The smallest absolute Gasteiger partial charge is 0.381 e. The fourth-order valence-corrected chi connectivity index (χ4v) is 2.68. The zero-order valence-electron chi connectivity index (χ0n) is 13.1. The van der Waals surface area contributed by atoms with Gasteiger partial charge in [-0.1, -0.05) is 24.3 Å². The molecule has 0 aliphatic carbocycles. The SMILES string of the molecule is CCOC(=O)c1cnn(-c2nccc3ccccc23)c1OS(N)(=O)=O. The van der Waals surface area contributed by atoms with Crippen LogP contribution in [0.4, 0.5) is 0 Å². The summed E-state index contributed by atoms with van der Waals surface area (Å²) in [4.78, 5) is 16.3. The molecule has 9 nitrogen and oxygen atoms in total. The monoisotopic (exact) mass is 362 g/mol. The highest BCUT2D eigenvalue weighted by atomic mass is 32.2. The molecule has 0 spiro atoms. The van der Waals surface area contributed by atoms with Crippen molar-refractivity contribution in [3.05, 3.63) is 48.3 Å². The number of aromatic nitrogens is 3. The lowest BCUT2D eigenvalue weighted by molar-refractivity contribution is 0.0524. The predicted octanol–water partition coefficient (Wildman–Crippen LogP) is 1.18. The van der Waals surface area contributed by atoms with Gasteiger partial charge in [0.25, 0.3) is 5.88 Å². The average Bonchev–Trinajstić information content (AvgIpc) is 2.96. The van der Waals surface area contributed by atoms with Gasteiger partial charge in [0.2, 0.25) is 0 Å². The molecule has 0 aliphatic heterocycles. The van der Waals surface area contributed by atoms with Crippen LogP contribution < -0.4 is 9.32 Å². The number of nitrogens with two attached hydrogens (primary N) is 1. The highest BCUT2D eigenvalue weighted by Crippen LogP contribution is 2.27. The molecule has 0 unspecified atom stereocenters. The van der Waals surface area contributed by atoms with Crippen LogP contribution in [0.5, 0.6) is 5.88 Å². The summed E-state index contributed by atoms with van der Waals surface area (Å²) in [6, 6.07) is 9.07. The summed E-state index contributed by atoms with van der Waals surface area (Å²) in [5.41, 5.74) is -0.175. The topological polar surface area (TPSA) is 126 Å². The molecule has 0 aliphatic rings. The standard InChI is InChI=1S/C15H14N4O5S/c1-2-23-15(20)12-9-18-19(14(12)24-25(16,21)22)13-11-6-4-3-5-10(11)7-8-17-13/h3-9H,2H2,1H3,(H2,16,21,22). The van der Waals surface area contributed by atoms with Crippen LogP contribution in [-0.4, -0.2) is 35.8 Å². The summed E-state index contributed by atoms with van der Waals surface area (Å²) < 4.78 is 33.6. The average molecular weight is 362 g/mol. The molecule has 2 N–H and O–H groups in total. The van der Waals surface area contributed by atoms with E-state index in [2.05, 4.69) is 10.1 Å². The first-order valence-corrected chi connectivity index (χ1v) is 8.69. The van der Waals surface area contributed by atoms with Crippen molar-refractivity contribution < 1.29 is 22.1 Å². The molecule has 10 heteroatoms. The summed E-state index contributed by atoms with van der Waals surface area (Å²) in [6.07, 6.45) is 2.67. The van der Waals surface area contributed by atoms with Crippen molar-refractivity contribution in [1.29, 1.82) is 0 Å². The lowest BCUT2D eigenvalue weighted by atomic mass is 10.1. The second kappa shape index (κ2) is 6.49. The van der Waals surface area contributed by atoms with Gasteiger partial charge >= 0.3 is 16.3 Å². The Balaban J connectivity index is 2.23. The van der Waals surface area contributed by atoms with Gasteiger partial charge in [0.1, 0.15) is 5.56 Å². The lowest BCUT2D eigenvalue weighted by Gasteiger charge is -2.10. The number of hydrogen-bond donors (Lipinski definition) is 1. The fourth-order valence-electron chi connectivity index (χ4n) is 2.30. The van der Waals surface area contributed by atoms with Gasteiger partial charge in [-0.25, -0.2) is 9.78 Å². The number of ether oxygens (including phenoxy) is 1. The van der Waals surface area contributed by atoms with Crippen molar-refractivity contribution in [3.8, 4) is 11.7 Å². The zero-order chi connectivity index (χ0) is 18.0. The number of hydrogen-bond acceptors (Lipinski definition) is 7. The Hall–Kier alpha value is -2.98. The van der Waals surface area contributed by atoms with E-state index in [1.807, 2.05) is 12.1 Å². The van der Waals surface area contributed by atoms with Crippen LogP contribution in [0, 0.1) is 0 Å². The Kier molecular flexibility index (Phi) is 4.38. The van der Waals surface area contributed by atoms with Gasteiger partial charge in [0, 0.05) is 11.6 Å². The molecule has 0 saturated heterocycles. The summed E-state index contributed by atoms with van der Waals surface area (Å²) >= 11 is 0. The van der Waals surface area contributed by atoms with Crippen LogP contribution in [-0.2, 0) is 15.0 Å². The predicted molar refractivity (Wildman–Crippen MR) is 88.6 cm³/mol. The second-order valence-corrected chi connectivity index (χ2v) is 6.08. The number of carbonyl (C=O) groups is 1. The largest absolute Gasteiger partial charge is 0.462 e. The number of pyridine rings is 1. The van der Waals surface area contributed by atoms with Crippen molar-refractivity contribution in [1.82, 2.24) is 14.8 Å². The van der Waals surface area contributed by atoms with Gasteiger partial charge in [0.15, 0.2) is 5.82 Å². The molecule has 0 bridgehead atoms. The molecule has 3 rings (SSSR count). The third-order valence-corrected chi connectivity index (χ3v) is 3.66. The number of carbonyl (C=O) groups excluding carboxylic acids is 1. The van der Waals surface area contributed by atoms with Crippen LogP contribution in [0.1, 0.15) is 17.3 Å². The summed E-state index contributed by atoms with van der Waals surface area (Å²) in [7, 11) is -4.40. The molecule has 0 atom stereocenters. The van der Waals surface area contributed by atoms with Crippen molar-refractivity contribution in [3.63, 3.8) is 0 Å². The number of rotatable bonds is 5. The van der Waals surface area contributed by atoms with Crippen molar-refractivity contribution in [2.45, 2.75) is 6.92 Å². The number of benzene rings is 1. The maximum absolute atomic E-state index is 12.0. The Morgan fingerprint density at radius 1 is 1.28 bits per heavy atom. The van der Waals surface area contributed by atoms with E-state index >= 15 is 0 Å². The van der Waals surface area contributed by atoms with E-state index in [1.165, 1.54) is 6.20 Å². The summed E-state index contributed by atoms with van der Waals surface area (Å²) in [5, 5.41) is 10.5. The normalized spacial score (nSPS) is 11.4. The van der Waals surface area contributed by atoms with E-state index < -0.39 is 16.3 Å². The highest BCUT2D eigenvalue weighted by Gasteiger charge is 2.25. The van der Waals surface area contributed by atoms with Gasteiger partial charge in [-0.15, -0.1) is 0 Å². The van der Waals surface area contributed by atoms with Gasteiger partial charge in [-0.3, -0.25) is 0 Å². The van der Waals surface area contributed by atoms with E-state index in [0.717, 1.165) is 16.3 Å². The minimum absolute atomic E-state index is 0.103. The van der Waals surface area contributed by atoms with Gasteiger partial charge in [-0.2, -0.15) is 23.3 Å². The molecule has 0 radical (unpaired) electrons. The van der Waals surface area contributed by atoms with E-state index in [4.69, 9.17) is 14.1 Å². The third kappa shape index (κ3) is 3.44. The van der Waals surface area contributed by atoms with Gasteiger partial charge < -0.3 is 8.92 Å². The lowest BCUT2D eigenvalue weighted by Crippen LogP contribution is -2.22. The summed E-state index contributed by atoms with van der Waals surface area (Å²) in [5.74, 6) is -0.885. The first kappa shape index (κ1) is 16.9. The molecule has 0 fully saturated rings. The number of esters is 1. The van der Waals surface area contributed by atoms with Gasteiger partial charge in [-0.05, 0) is 18.4 Å². The zero-order valence-corrected chi connectivity index (χ0v) is 13.9. The van der Waals surface area contributed by atoms with E-state index in [0.29, 0.717) is 5.39 Å². The molecule has 2 heterocycles. The number of fused-ring (bicyclic) bond motifs is 1. The first-order chi connectivity index (χ1) is 11.9. The maximum Gasteiger partial charge on any atom is 0.381 e. The Bertz CT molecular complexity index is 1040. The maximum atomic E-state index is 12.0. The highest BCUT2D eigenvalue weighted by molar-refractivity contribution is 7.84. The van der Waals surface area contributed by atoms with Crippen LogP contribution in [0.3, 0.4) is 0 Å². The van der Waals surface area contributed by atoms with E-state index in [-0.39, 0.29) is 23.9 Å². The second-order valence-electron chi connectivity index (χ2n) is 4.93. The Morgan fingerprint density at radius 2 is 2.04 bits per heavy atom. The summed E-state index contributed by atoms with van der Waals surface area (Å²) in [6.45, 7) is 1.72. The van der Waals surface area contributed by atoms with Crippen LogP contribution in [0.2, 0.25) is 0 Å². The molecular weight excluding hydrogens is 348 g/mol. The molecular formula is C15H14N4O5S. The third-order valence-electron chi connectivity index (χ3n) is 3.27. The van der Waals surface area contributed by atoms with Crippen LogP contribution in [0.25, 0.3) is 16.6 Å². The van der Waals surface area contributed by atoms with Crippen molar-refractivity contribution in [2.24, 2.45) is 5.14 Å². The van der Waals surface area contributed by atoms with Crippen molar-refractivity contribution in [2.75, 3.05) is 6.61 Å². The minimum Gasteiger partial charge on any atom is -0.462 e. The van der Waals surface area contributed by atoms with Crippen LogP contribution >= 0.6 is 0 Å². The molecule has 2 aromatic heterocycles. The Labute approximate surface area is 143 Å². The van der Waals surface area contributed by atoms with Crippen LogP contribution in [0.15, 0.2) is 42.7 Å². The molecule has 1 aromatic carbocycles. The van der Waals surface area contributed by atoms with E-state index in [9.17, 15) is 13.2 Å². The van der Waals surface area contributed by atoms with Crippen molar-refractivity contribution >= 4 is 27.0 Å². The molecule has 0 saturated carbocycles. The van der Waals surface area contributed by atoms with E-state index in [1.54, 1.807) is 25.1 Å². The quantitative estimate of drug-likeness (QED) is 0.675. The number of nitrogens with zero attached hydrogens (tertiary/aromatic N) is 3. The fraction of sp³-hybridized carbons (Fsp3) is 0.133. The molecule has 3 aromatic rings. The molecule has 25 heavy (non-hydrogen) atoms. The minimum atomic E-state index is -4.40.